The smallest absolute Gasteiger partial charge is 0.305 e. The molecule has 0 aliphatic rings. The van der Waals surface area contributed by atoms with Crippen molar-refractivity contribution >= 4 is 23.7 Å². The van der Waals surface area contributed by atoms with Gasteiger partial charge in [0, 0.05) is 32.6 Å². The first-order valence-electron chi connectivity index (χ1n) is 14.2. The summed E-state index contributed by atoms with van der Waals surface area (Å²) in [6.45, 7) is 8.82. The minimum atomic E-state index is -0.903. The highest BCUT2D eigenvalue weighted by molar-refractivity contribution is 5.87. The lowest BCUT2D eigenvalue weighted by Crippen LogP contribution is -2.54. The van der Waals surface area contributed by atoms with E-state index in [9.17, 15) is 24.5 Å². The van der Waals surface area contributed by atoms with Crippen LogP contribution < -0.4 is 21.7 Å². The molecule has 232 valence electrons. The third-order valence-corrected chi connectivity index (χ3v) is 5.87. The Bertz CT molecular complexity index is 774. The quantitative estimate of drug-likeness (QED) is 0.0267. The Kier molecular flexibility index (Phi) is 21.1. The molecule has 40 heavy (non-hydrogen) atoms. The Morgan fingerprint density at radius 1 is 0.950 bits per heavy atom. The van der Waals surface area contributed by atoms with Gasteiger partial charge in [0.05, 0.1) is 13.2 Å². The molecule has 0 heterocycles. The first-order valence-corrected chi connectivity index (χ1v) is 14.2. The molecular weight excluding hydrogens is 524 g/mol. The SMILES string of the molecule is CCOC(OCC)[C@H](CC(C)C)NC(=O)[C@H](CCCN/C(N)=N/[N+](=O)[O-])NC(=O)CCCCCCCC(=O)OC. The standard InChI is InChI=1S/C26H50N6O8/c1-6-39-25(40-7-2)21(18-19(3)4)30-24(35)20(14-13-17-28-26(27)31-32(36)37)29-22(33)15-11-9-8-10-12-16-23(34)38-5/h19-21,25H,6-18H2,1-5H3,(H,29,33)(H,30,35)(H3,27,28,31)/t20-,21-/m0/s1. The number of esters is 1. The Labute approximate surface area is 237 Å². The van der Waals surface area contributed by atoms with Crippen molar-refractivity contribution in [3.8, 4) is 0 Å². The number of guanidine groups is 1. The number of nitro groups is 1. The van der Waals surface area contributed by atoms with Gasteiger partial charge in [-0.25, -0.2) is 10.1 Å². The highest BCUT2D eigenvalue weighted by atomic mass is 16.7. The molecule has 0 aromatic heterocycles. The van der Waals surface area contributed by atoms with Gasteiger partial charge in [-0.1, -0.05) is 33.1 Å². The Hall–Kier alpha value is -3.00. The zero-order valence-corrected chi connectivity index (χ0v) is 24.7. The van der Waals surface area contributed by atoms with Crippen molar-refractivity contribution in [3.05, 3.63) is 10.1 Å². The highest BCUT2D eigenvalue weighted by Crippen LogP contribution is 2.14. The van der Waals surface area contributed by atoms with Crippen LogP contribution in [0.4, 0.5) is 0 Å². The second kappa shape index (κ2) is 22.8. The molecule has 0 aliphatic heterocycles. The minimum absolute atomic E-state index is 0.226. The zero-order valence-electron chi connectivity index (χ0n) is 24.7. The maximum atomic E-state index is 13.4. The van der Waals surface area contributed by atoms with E-state index in [2.05, 4.69) is 25.8 Å². The fourth-order valence-electron chi connectivity index (χ4n) is 4.01. The fraction of sp³-hybridized carbons (Fsp3) is 0.846. The van der Waals surface area contributed by atoms with Crippen LogP contribution in [0.2, 0.25) is 0 Å². The molecule has 0 aliphatic carbocycles. The number of hydrazone groups is 1. The van der Waals surface area contributed by atoms with Gasteiger partial charge in [0.2, 0.25) is 11.8 Å². The number of ether oxygens (including phenoxy) is 3. The van der Waals surface area contributed by atoms with Crippen LogP contribution in [0.25, 0.3) is 0 Å². The maximum absolute atomic E-state index is 13.4. The first kappa shape index (κ1) is 37.0. The number of unbranched alkanes of at least 4 members (excludes halogenated alkanes) is 4. The van der Waals surface area contributed by atoms with Gasteiger partial charge in [-0.2, -0.15) is 0 Å². The number of carbonyl (C=O) groups excluding carboxylic acids is 3. The summed E-state index contributed by atoms with van der Waals surface area (Å²) in [6, 6.07) is -1.25. The summed E-state index contributed by atoms with van der Waals surface area (Å²) >= 11 is 0. The number of hydrogen-bond donors (Lipinski definition) is 4. The first-order chi connectivity index (χ1) is 19.0. The monoisotopic (exact) mass is 574 g/mol. The van der Waals surface area contributed by atoms with Crippen LogP contribution in [0.1, 0.15) is 91.9 Å². The van der Waals surface area contributed by atoms with Crippen LogP contribution in [0.5, 0.6) is 0 Å². The number of nitrogens with two attached hydrogens (primary N) is 1. The molecule has 0 unspecified atom stereocenters. The van der Waals surface area contributed by atoms with Crippen molar-refractivity contribution in [1.82, 2.24) is 16.0 Å². The third kappa shape index (κ3) is 19.1. The molecule has 0 fully saturated rings. The summed E-state index contributed by atoms with van der Waals surface area (Å²) in [5.41, 5.74) is 5.45. The Morgan fingerprint density at radius 2 is 1.55 bits per heavy atom. The lowest BCUT2D eigenvalue weighted by Gasteiger charge is -2.30. The average molecular weight is 575 g/mol. The molecule has 0 saturated carbocycles. The number of amides is 2. The van der Waals surface area contributed by atoms with Crippen LogP contribution in [-0.2, 0) is 28.6 Å². The van der Waals surface area contributed by atoms with E-state index in [0.29, 0.717) is 38.9 Å². The molecule has 0 saturated heterocycles. The topological polar surface area (TPSA) is 197 Å². The number of nitrogens with one attached hydrogen (secondary N) is 3. The summed E-state index contributed by atoms with van der Waals surface area (Å²) in [7, 11) is 1.37. The summed E-state index contributed by atoms with van der Waals surface area (Å²) in [4.78, 5) is 47.7. The van der Waals surface area contributed by atoms with Gasteiger partial charge >= 0.3 is 5.97 Å². The summed E-state index contributed by atoms with van der Waals surface area (Å²) in [6.07, 6.45) is 5.28. The van der Waals surface area contributed by atoms with Crippen LogP contribution in [-0.4, -0.2) is 74.0 Å². The van der Waals surface area contributed by atoms with E-state index in [4.69, 9.17) is 15.2 Å². The zero-order chi connectivity index (χ0) is 30.3. The van der Waals surface area contributed by atoms with Crippen LogP contribution in [0.15, 0.2) is 5.10 Å². The largest absolute Gasteiger partial charge is 0.469 e. The Morgan fingerprint density at radius 3 is 2.10 bits per heavy atom. The van der Waals surface area contributed by atoms with Gasteiger partial charge in [0.1, 0.15) is 11.1 Å². The van der Waals surface area contributed by atoms with Gasteiger partial charge in [0.15, 0.2) is 11.3 Å². The highest BCUT2D eigenvalue weighted by Gasteiger charge is 2.29. The fourth-order valence-corrected chi connectivity index (χ4v) is 4.01. The van der Waals surface area contributed by atoms with E-state index in [1.54, 1.807) is 0 Å². The molecule has 0 radical (unpaired) electrons. The molecule has 0 aromatic rings. The molecule has 0 aromatic carbocycles. The van der Waals surface area contributed by atoms with Gasteiger partial charge in [0.25, 0.3) is 5.96 Å². The molecule has 2 atom stereocenters. The molecule has 5 N–H and O–H groups in total. The lowest BCUT2D eigenvalue weighted by molar-refractivity contribution is -0.485. The molecular formula is C26H50N6O8. The van der Waals surface area contributed by atoms with Crippen LogP contribution in [0, 0.1) is 16.0 Å². The average Bonchev–Trinajstić information content (AvgIpc) is 2.88. The van der Waals surface area contributed by atoms with E-state index in [0.717, 1.165) is 25.7 Å². The summed E-state index contributed by atoms with van der Waals surface area (Å²) < 4.78 is 16.1. The van der Waals surface area contributed by atoms with Crippen molar-refractivity contribution in [2.24, 2.45) is 16.8 Å². The molecule has 0 bridgehead atoms. The summed E-state index contributed by atoms with van der Waals surface area (Å²) in [5.74, 6) is -0.921. The second-order valence-electron chi connectivity index (χ2n) is 9.78. The Balaban J connectivity index is 5.15. The van der Waals surface area contributed by atoms with Crippen molar-refractivity contribution in [2.75, 3.05) is 26.9 Å². The normalized spacial score (nSPS) is 13.1. The molecule has 14 heteroatoms. The maximum Gasteiger partial charge on any atom is 0.305 e. The van der Waals surface area contributed by atoms with E-state index < -0.39 is 23.4 Å². The predicted molar refractivity (Wildman–Crippen MR) is 151 cm³/mol. The van der Waals surface area contributed by atoms with Crippen LogP contribution in [0.3, 0.4) is 0 Å². The third-order valence-electron chi connectivity index (χ3n) is 5.87. The van der Waals surface area contributed by atoms with Gasteiger partial charge in [-0.3, -0.25) is 14.4 Å². The van der Waals surface area contributed by atoms with E-state index in [1.165, 1.54) is 7.11 Å². The van der Waals surface area contributed by atoms with Crippen molar-refractivity contribution < 1.29 is 33.6 Å². The number of nitrogens with zero attached hydrogens (tertiary/aromatic N) is 2. The lowest BCUT2D eigenvalue weighted by atomic mass is 10.0. The molecule has 2 amide bonds. The number of hydrogen-bond acceptors (Lipinski definition) is 8. The number of methoxy groups -OCH3 is 1. The second-order valence-corrected chi connectivity index (χ2v) is 9.78. The number of carbonyl (C=O) groups is 3. The van der Waals surface area contributed by atoms with E-state index >= 15 is 0 Å². The predicted octanol–water partition coefficient (Wildman–Crippen LogP) is 2.18. The van der Waals surface area contributed by atoms with Crippen molar-refractivity contribution in [3.63, 3.8) is 0 Å². The van der Waals surface area contributed by atoms with Crippen molar-refractivity contribution in [1.29, 1.82) is 0 Å². The summed E-state index contributed by atoms with van der Waals surface area (Å²) in [5, 5.41) is 21.0. The van der Waals surface area contributed by atoms with Gasteiger partial charge in [-0.05, 0) is 51.9 Å². The molecule has 0 rings (SSSR count). The van der Waals surface area contributed by atoms with Crippen molar-refractivity contribution in [2.45, 2.75) is 110 Å². The van der Waals surface area contributed by atoms with Gasteiger partial charge in [-0.15, -0.1) is 0 Å². The number of rotatable bonds is 23. The molecule has 0 spiro atoms. The van der Waals surface area contributed by atoms with E-state index in [-0.39, 0.29) is 49.0 Å². The van der Waals surface area contributed by atoms with Crippen LogP contribution >= 0.6 is 0 Å². The minimum Gasteiger partial charge on any atom is -0.469 e. The van der Waals surface area contributed by atoms with Gasteiger partial charge < -0.3 is 35.9 Å². The van der Waals surface area contributed by atoms with E-state index in [1.807, 2.05) is 27.7 Å². The molecule has 14 nitrogen and oxygen atoms in total.